The van der Waals surface area contributed by atoms with Crippen molar-refractivity contribution in [1.29, 1.82) is 0 Å². The number of hydrogen-bond acceptors (Lipinski definition) is 4. The molecule has 2 rings (SSSR count). The Bertz CT molecular complexity index is 417. The topological polar surface area (TPSA) is 56.6 Å². The quantitative estimate of drug-likeness (QED) is 0.825. The normalized spacial score (nSPS) is 15.6. The fourth-order valence-electron chi connectivity index (χ4n) is 2.42. The first kappa shape index (κ1) is 14.3. The lowest BCUT2D eigenvalue weighted by Crippen LogP contribution is -2.42. The summed E-state index contributed by atoms with van der Waals surface area (Å²) in [6.45, 7) is 5.00. The molecule has 1 aromatic heterocycles. The average Bonchev–Trinajstić information content (AvgIpc) is 2.35. The molecule has 1 aromatic rings. The summed E-state index contributed by atoms with van der Waals surface area (Å²) < 4.78 is 0. The molecule has 0 unspecified atom stereocenters. The van der Waals surface area contributed by atoms with Crippen LogP contribution >= 0.6 is 0 Å². The van der Waals surface area contributed by atoms with Gasteiger partial charge in [-0.05, 0) is 42.9 Å². The summed E-state index contributed by atoms with van der Waals surface area (Å²) in [5.41, 5.74) is 1.90. The number of rotatable bonds is 6. The van der Waals surface area contributed by atoms with Gasteiger partial charge in [-0.15, -0.1) is 0 Å². The zero-order chi connectivity index (χ0) is 13.8. The molecule has 1 aliphatic rings. The van der Waals surface area contributed by atoms with E-state index in [0.717, 1.165) is 17.1 Å². The van der Waals surface area contributed by atoms with E-state index >= 15 is 0 Å². The number of hydrogen-bond donors (Lipinski definition) is 2. The molecule has 106 valence electrons. The van der Waals surface area contributed by atoms with E-state index in [0.29, 0.717) is 18.5 Å². The van der Waals surface area contributed by atoms with Gasteiger partial charge in [0.25, 0.3) is 0 Å². The lowest BCUT2D eigenvalue weighted by Gasteiger charge is -2.38. The SMILES string of the molecule is CC(C)c1cc(CO)cc(N(CCO)C2CCC2)n1. The molecule has 1 saturated carbocycles. The summed E-state index contributed by atoms with van der Waals surface area (Å²) in [5, 5.41) is 18.6. The van der Waals surface area contributed by atoms with Gasteiger partial charge in [0.2, 0.25) is 0 Å². The maximum absolute atomic E-state index is 9.39. The van der Waals surface area contributed by atoms with Gasteiger partial charge in [-0.25, -0.2) is 4.98 Å². The Kier molecular flexibility index (Phi) is 4.77. The Labute approximate surface area is 115 Å². The van der Waals surface area contributed by atoms with E-state index < -0.39 is 0 Å². The minimum absolute atomic E-state index is 0.0346. The highest BCUT2D eigenvalue weighted by Crippen LogP contribution is 2.30. The molecule has 0 radical (unpaired) electrons. The predicted octanol–water partition coefficient (Wildman–Crippen LogP) is 2.05. The number of aromatic nitrogens is 1. The van der Waals surface area contributed by atoms with Crippen LogP contribution in [0.3, 0.4) is 0 Å². The second-order valence-corrected chi connectivity index (χ2v) is 5.57. The van der Waals surface area contributed by atoms with Gasteiger partial charge in [-0.1, -0.05) is 13.8 Å². The Morgan fingerprint density at radius 1 is 1.32 bits per heavy atom. The minimum Gasteiger partial charge on any atom is -0.395 e. The average molecular weight is 264 g/mol. The van der Waals surface area contributed by atoms with Crippen molar-refractivity contribution in [2.45, 2.75) is 51.7 Å². The highest BCUT2D eigenvalue weighted by atomic mass is 16.3. The maximum Gasteiger partial charge on any atom is 0.129 e. The highest BCUT2D eigenvalue weighted by Gasteiger charge is 2.26. The third-order valence-corrected chi connectivity index (χ3v) is 3.82. The van der Waals surface area contributed by atoms with Gasteiger partial charge >= 0.3 is 0 Å². The minimum atomic E-state index is 0.0346. The number of aliphatic hydroxyl groups is 2. The van der Waals surface area contributed by atoms with Crippen molar-refractivity contribution in [2.24, 2.45) is 0 Å². The van der Waals surface area contributed by atoms with Gasteiger partial charge < -0.3 is 15.1 Å². The van der Waals surface area contributed by atoms with Crippen LogP contribution in [0.15, 0.2) is 12.1 Å². The van der Waals surface area contributed by atoms with Crippen LogP contribution in [0.25, 0.3) is 0 Å². The summed E-state index contributed by atoms with van der Waals surface area (Å²) in [6, 6.07) is 4.40. The zero-order valence-electron chi connectivity index (χ0n) is 11.8. The highest BCUT2D eigenvalue weighted by molar-refractivity contribution is 5.44. The van der Waals surface area contributed by atoms with Gasteiger partial charge in [0.05, 0.1) is 13.2 Å². The van der Waals surface area contributed by atoms with Crippen molar-refractivity contribution in [2.75, 3.05) is 18.1 Å². The largest absolute Gasteiger partial charge is 0.395 e. The second kappa shape index (κ2) is 6.35. The van der Waals surface area contributed by atoms with E-state index in [2.05, 4.69) is 18.7 Å². The van der Waals surface area contributed by atoms with E-state index in [-0.39, 0.29) is 13.2 Å². The van der Waals surface area contributed by atoms with Crippen molar-refractivity contribution in [3.63, 3.8) is 0 Å². The third-order valence-electron chi connectivity index (χ3n) is 3.82. The molecule has 0 bridgehead atoms. The van der Waals surface area contributed by atoms with Crippen LogP contribution in [-0.2, 0) is 6.61 Å². The van der Waals surface area contributed by atoms with Crippen LogP contribution in [0.1, 0.15) is 50.3 Å². The monoisotopic (exact) mass is 264 g/mol. The van der Waals surface area contributed by atoms with Crippen molar-refractivity contribution >= 4 is 5.82 Å². The first-order chi connectivity index (χ1) is 9.15. The van der Waals surface area contributed by atoms with Crippen molar-refractivity contribution < 1.29 is 10.2 Å². The molecule has 0 saturated heterocycles. The Morgan fingerprint density at radius 3 is 2.53 bits per heavy atom. The van der Waals surface area contributed by atoms with Crippen LogP contribution in [0, 0.1) is 0 Å². The standard InChI is InChI=1S/C15H24N2O2/c1-11(2)14-8-12(10-19)9-15(16-14)17(6-7-18)13-4-3-5-13/h8-9,11,13,18-19H,3-7,10H2,1-2H3. The lowest BCUT2D eigenvalue weighted by atomic mass is 9.91. The van der Waals surface area contributed by atoms with Crippen LogP contribution in [-0.4, -0.2) is 34.4 Å². The third kappa shape index (κ3) is 3.25. The Morgan fingerprint density at radius 2 is 2.05 bits per heavy atom. The smallest absolute Gasteiger partial charge is 0.129 e. The first-order valence-corrected chi connectivity index (χ1v) is 7.15. The molecule has 0 atom stereocenters. The molecule has 1 aliphatic carbocycles. The molecule has 4 heteroatoms. The van der Waals surface area contributed by atoms with E-state index in [1.54, 1.807) is 0 Å². The Balaban J connectivity index is 2.31. The summed E-state index contributed by atoms with van der Waals surface area (Å²) >= 11 is 0. The molecule has 2 N–H and O–H groups in total. The molecule has 4 nitrogen and oxygen atoms in total. The van der Waals surface area contributed by atoms with Gasteiger partial charge in [-0.3, -0.25) is 0 Å². The lowest BCUT2D eigenvalue weighted by molar-refractivity contribution is 0.279. The number of nitrogens with zero attached hydrogens (tertiary/aromatic N) is 2. The molecule has 1 fully saturated rings. The Hall–Kier alpha value is -1.13. The van der Waals surface area contributed by atoms with Gasteiger partial charge in [-0.2, -0.15) is 0 Å². The first-order valence-electron chi connectivity index (χ1n) is 7.15. The van der Waals surface area contributed by atoms with E-state index in [1.165, 1.54) is 19.3 Å². The molecule has 19 heavy (non-hydrogen) atoms. The van der Waals surface area contributed by atoms with E-state index in [1.807, 2.05) is 12.1 Å². The zero-order valence-corrected chi connectivity index (χ0v) is 11.8. The number of anilines is 1. The van der Waals surface area contributed by atoms with Crippen LogP contribution in [0.5, 0.6) is 0 Å². The molecule has 0 amide bonds. The number of pyridine rings is 1. The summed E-state index contributed by atoms with van der Waals surface area (Å²) in [5.74, 6) is 1.23. The van der Waals surface area contributed by atoms with Crippen LogP contribution in [0.4, 0.5) is 5.82 Å². The summed E-state index contributed by atoms with van der Waals surface area (Å²) in [6.07, 6.45) is 3.59. The maximum atomic E-state index is 9.39. The molecule has 0 aromatic carbocycles. The second-order valence-electron chi connectivity index (χ2n) is 5.57. The van der Waals surface area contributed by atoms with Gasteiger partial charge in [0.1, 0.15) is 5.82 Å². The van der Waals surface area contributed by atoms with Gasteiger partial charge in [0, 0.05) is 18.3 Å². The van der Waals surface area contributed by atoms with Crippen LogP contribution < -0.4 is 4.90 Å². The molecular formula is C15H24N2O2. The van der Waals surface area contributed by atoms with Crippen LogP contribution in [0.2, 0.25) is 0 Å². The van der Waals surface area contributed by atoms with E-state index in [9.17, 15) is 10.2 Å². The molecule has 1 heterocycles. The van der Waals surface area contributed by atoms with Crippen molar-refractivity contribution in [3.05, 3.63) is 23.4 Å². The summed E-state index contributed by atoms with van der Waals surface area (Å²) in [7, 11) is 0. The van der Waals surface area contributed by atoms with Crippen molar-refractivity contribution in [1.82, 2.24) is 4.98 Å². The number of aliphatic hydroxyl groups excluding tert-OH is 2. The fourth-order valence-corrected chi connectivity index (χ4v) is 2.42. The fraction of sp³-hybridized carbons (Fsp3) is 0.667. The summed E-state index contributed by atoms with van der Waals surface area (Å²) in [4.78, 5) is 6.90. The molecule has 0 aliphatic heterocycles. The van der Waals surface area contributed by atoms with Crippen molar-refractivity contribution in [3.8, 4) is 0 Å². The molecular weight excluding hydrogens is 240 g/mol. The molecule has 0 spiro atoms. The predicted molar refractivity (Wildman–Crippen MR) is 76.3 cm³/mol. The van der Waals surface area contributed by atoms with E-state index in [4.69, 9.17) is 4.98 Å². The van der Waals surface area contributed by atoms with Gasteiger partial charge in [0.15, 0.2) is 0 Å².